The van der Waals surface area contributed by atoms with Gasteiger partial charge in [0.25, 0.3) is 5.78 Å². The van der Waals surface area contributed by atoms with Crippen LogP contribution in [0.4, 0.5) is 5.13 Å². The summed E-state index contributed by atoms with van der Waals surface area (Å²) in [4.78, 5) is 36.8. The number of amides is 1. The molecule has 1 atom stereocenters. The molecule has 3 heterocycles. The number of nitrogens with zero attached hydrogens (tertiary/aromatic N) is 3. The second-order valence-corrected chi connectivity index (χ2v) is 9.12. The van der Waals surface area contributed by atoms with Gasteiger partial charge in [-0.1, -0.05) is 29.5 Å². The van der Waals surface area contributed by atoms with E-state index in [1.807, 2.05) is 26.0 Å². The van der Waals surface area contributed by atoms with Gasteiger partial charge in [-0.05, 0) is 60.9 Å². The van der Waals surface area contributed by atoms with E-state index in [0.717, 1.165) is 21.3 Å². The lowest BCUT2D eigenvalue weighted by Gasteiger charge is -2.23. The molecule has 2 aromatic heterocycles. The van der Waals surface area contributed by atoms with Crippen LogP contribution in [-0.4, -0.2) is 33.9 Å². The maximum Gasteiger partial charge on any atom is 0.301 e. The summed E-state index contributed by atoms with van der Waals surface area (Å²) in [6.07, 6.45) is 3.04. The average molecular weight is 472 g/mol. The average Bonchev–Trinajstić information content (AvgIpc) is 3.38. The van der Waals surface area contributed by atoms with Crippen molar-refractivity contribution in [1.82, 2.24) is 9.97 Å². The largest absolute Gasteiger partial charge is 0.507 e. The van der Waals surface area contributed by atoms with E-state index < -0.39 is 17.7 Å². The number of aryl methyl sites for hydroxylation is 2. The second-order valence-electron chi connectivity index (χ2n) is 8.11. The lowest BCUT2D eigenvalue weighted by molar-refractivity contribution is -0.132. The Labute approximate surface area is 200 Å². The molecular weight excluding hydrogens is 450 g/mol. The minimum absolute atomic E-state index is 0.00314. The number of ketones is 1. The number of thiazole rings is 1. The lowest BCUT2D eigenvalue weighted by Crippen LogP contribution is -2.29. The van der Waals surface area contributed by atoms with Crippen LogP contribution >= 0.6 is 11.3 Å². The molecule has 1 fully saturated rings. The first-order valence-electron chi connectivity index (χ1n) is 10.6. The summed E-state index contributed by atoms with van der Waals surface area (Å²) in [5.74, 6) is -1.20. The SMILES string of the molecule is COc1cccc(C2/C(=C(\O)c3ccncc3)C(=O)C(=O)N2c2nc3c(C)cc(C)cc3s2)c1. The zero-order valence-corrected chi connectivity index (χ0v) is 19.6. The van der Waals surface area contributed by atoms with Crippen LogP contribution in [0.25, 0.3) is 16.0 Å². The fourth-order valence-electron chi connectivity index (χ4n) is 4.28. The summed E-state index contributed by atoms with van der Waals surface area (Å²) in [6, 6.07) is 13.5. The maximum atomic E-state index is 13.4. The van der Waals surface area contributed by atoms with Crippen molar-refractivity contribution in [2.75, 3.05) is 12.0 Å². The smallest absolute Gasteiger partial charge is 0.301 e. The molecule has 1 aliphatic rings. The number of aromatic nitrogens is 2. The number of aliphatic hydroxyl groups excluding tert-OH is 1. The van der Waals surface area contributed by atoms with E-state index in [0.29, 0.717) is 22.0 Å². The van der Waals surface area contributed by atoms with E-state index >= 15 is 0 Å². The highest BCUT2D eigenvalue weighted by atomic mass is 32.1. The normalized spacial score (nSPS) is 17.5. The molecule has 5 rings (SSSR count). The van der Waals surface area contributed by atoms with Gasteiger partial charge in [-0.2, -0.15) is 0 Å². The van der Waals surface area contributed by atoms with Gasteiger partial charge in [-0.25, -0.2) is 4.98 Å². The number of Topliss-reactive ketones (excluding diaryl/α,β-unsaturated/α-hetero) is 1. The first-order valence-corrected chi connectivity index (χ1v) is 11.4. The minimum atomic E-state index is -0.870. The Hall–Kier alpha value is -4.04. The van der Waals surface area contributed by atoms with Crippen LogP contribution < -0.4 is 9.64 Å². The first-order chi connectivity index (χ1) is 16.4. The summed E-state index contributed by atoms with van der Waals surface area (Å²) >= 11 is 1.34. The molecule has 4 aromatic rings. The molecule has 1 aliphatic heterocycles. The Kier molecular flexibility index (Phi) is 5.37. The standard InChI is InChI=1S/C26H21N3O4S/c1-14-11-15(2)21-19(12-14)34-26(28-21)29-22(17-5-4-6-18(13-17)33-3)20(24(31)25(29)32)23(30)16-7-9-27-10-8-16/h4-13,22,30H,1-3H3/b23-20+. The Morgan fingerprint density at radius 3 is 2.59 bits per heavy atom. The summed E-state index contributed by atoms with van der Waals surface area (Å²) in [5.41, 5.74) is 3.88. The Morgan fingerprint density at radius 2 is 1.85 bits per heavy atom. The molecule has 0 aliphatic carbocycles. The third-order valence-corrected chi connectivity index (χ3v) is 6.83. The van der Waals surface area contributed by atoms with Gasteiger partial charge in [0.1, 0.15) is 11.5 Å². The number of benzene rings is 2. The van der Waals surface area contributed by atoms with Gasteiger partial charge in [0.05, 0.1) is 28.9 Å². The number of fused-ring (bicyclic) bond motifs is 1. The van der Waals surface area contributed by atoms with Gasteiger partial charge < -0.3 is 9.84 Å². The third kappa shape index (κ3) is 3.52. The number of carbonyl (C=O) groups excluding carboxylic acids is 2. The topological polar surface area (TPSA) is 92.6 Å². The van der Waals surface area contributed by atoms with Crippen molar-refractivity contribution in [1.29, 1.82) is 0 Å². The predicted molar refractivity (Wildman–Crippen MR) is 131 cm³/mol. The maximum absolute atomic E-state index is 13.4. The molecule has 0 spiro atoms. The van der Waals surface area contributed by atoms with Gasteiger partial charge in [-0.3, -0.25) is 19.5 Å². The monoisotopic (exact) mass is 471 g/mol. The number of anilines is 1. The van der Waals surface area contributed by atoms with Gasteiger partial charge in [-0.15, -0.1) is 0 Å². The summed E-state index contributed by atoms with van der Waals surface area (Å²) in [7, 11) is 1.55. The predicted octanol–water partition coefficient (Wildman–Crippen LogP) is 4.94. The quantitative estimate of drug-likeness (QED) is 0.257. The summed E-state index contributed by atoms with van der Waals surface area (Å²) < 4.78 is 6.30. The van der Waals surface area contributed by atoms with Gasteiger partial charge in [0, 0.05) is 18.0 Å². The van der Waals surface area contributed by atoms with E-state index in [1.54, 1.807) is 43.5 Å². The lowest BCUT2D eigenvalue weighted by atomic mass is 9.95. The number of aliphatic hydroxyl groups is 1. The highest BCUT2D eigenvalue weighted by molar-refractivity contribution is 7.22. The summed E-state index contributed by atoms with van der Waals surface area (Å²) in [5, 5.41) is 11.6. The van der Waals surface area contributed by atoms with Crippen molar-refractivity contribution in [3.63, 3.8) is 0 Å². The van der Waals surface area contributed by atoms with Crippen LogP contribution in [0.3, 0.4) is 0 Å². The van der Waals surface area contributed by atoms with E-state index in [-0.39, 0.29) is 11.3 Å². The molecule has 1 amide bonds. The molecule has 7 nitrogen and oxygen atoms in total. The van der Waals surface area contributed by atoms with Gasteiger partial charge >= 0.3 is 5.91 Å². The number of carbonyl (C=O) groups is 2. The van der Waals surface area contributed by atoms with Crippen LogP contribution in [0.5, 0.6) is 5.75 Å². The Morgan fingerprint density at radius 1 is 1.09 bits per heavy atom. The molecule has 2 aromatic carbocycles. The highest BCUT2D eigenvalue weighted by Gasteiger charge is 2.48. The van der Waals surface area contributed by atoms with Crippen molar-refractivity contribution < 1.29 is 19.4 Å². The van der Waals surface area contributed by atoms with Crippen LogP contribution in [0, 0.1) is 13.8 Å². The van der Waals surface area contributed by atoms with Crippen molar-refractivity contribution in [3.05, 3.63) is 88.8 Å². The number of hydrogen-bond donors (Lipinski definition) is 1. The molecule has 170 valence electrons. The van der Waals surface area contributed by atoms with Crippen LogP contribution in [-0.2, 0) is 9.59 Å². The number of rotatable bonds is 4. The minimum Gasteiger partial charge on any atom is -0.507 e. The molecule has 0 radical (unpaired) electrons. The third-order valence-electron chi connectivity index (χ3n) is 5.83. The highest BCUT2D eigenvalue weighted by Crippen LogP contribution is 2.45. The van der Waals surface area contributed by atoms with Crippen LogP contribution in [0.1, 0.15) is 28.3 Å². The fourth-order valence-corrected chi connectivity index (χ4v) is 5.45. The van der Waals surface area contributed by atoms with Crippen molar-refractivity contribution >= 4 is 44.1 Å². The second kappa shape index (κ2) is 8.39. The fraction of sp³-hybridized carbons (Fsp3) is 0.154. The molecule has 0 bridgehead atoms. The van der Waals surface area contributed by atoms with Crippen molar-refractivity contribution in [2.45, 2.75) is 19.9 Å². The molecule has 34 heavy (non-hydrogen) atoms. The van der Waals surface area contributed by atoms with Gasteiger partial charge in [0.15, 0.2) is 5.13 Å². The van der Waals surface area contributed by atoms with E-state index in [9.17, 15) is 14.7 Å². The molecule has 1 saturated heterocycles. The van der Waals surface area contributed by atoms with E-state index in [1.165, 1.54) is 28.6 Å². The zero-order chi connectivity index (χ0) is 24.0. The Balaban J connectivity index is 1.76. The molecular formula is C26H21N3O4S. The van der Waals surface area contributed by atoms with Crippen molar-refractivity contribution in [2.24, 2.45) is 0 Å². The van der Waals surface area contributed by atoms with Gasteiger partial charge in [0.2, 0.25) is 0 Å². The number of methoxy groups -OCH3 is 1. The molecule has 8 heteroatoms. The van der Waals surface area contributed by atoms with Crippen LogP contribution in [0.15, 0.2) is 66.5 Å². The van der Waals surface area contributed by atoms with E-state index in [2.05, 4.69) is 4.98 Å². The molecule has 0 saturated carbocycles. The number of hydrogen-bond acceptors (Lipinski definition) is 7. The Bertz CT molecular complexity index is 1480. The molecule has 1 N–H and O–H groups in total. The zero-order valence-electron chi connectivity index (χ0n) is 18.8. The van der Waals surface area contributed by atoms with Crippen molar-refractivity contribution in [3.8, 4) is 5.75 Å². The number of pyridine rings is 1. The molecule has 1 unspecified atom stereocenters. The summed E-state index contributed by atoms with van der Waals surface area (Å²) in [6.45, 7) is 3.97. The first kappa shape index (κ1) is 21.8. The van der Waals surface area contributed by atoms with Crippen LogP contribution in [0.2, 0.25) is 0 Å². The van der Waals surface area contributed by atoms with E-state index in [4.69, 9.17) is 9.72 Å². The number of ether oxygens (including phenoxy) is 1.